The van der Waals surface area contributed by atoms with E-state index in [4.69, 9.17) is 22.2 Å². The Morgan fingerprint density at radius 2 is 1.61 bits per heavy atom. The smallest absolute Gasteiger partial charge is 0.202 e. The van der Waals surface area contributed by atoms with Crippen LogP contribution in [0.1, 0.15) is 158 Å². The number of benzene rings is 1. The van der Waals surface area contributed by atoms with Crippen LogP contribution < -0.4 is 32.7 Å². The second-order valence-corrected chi connectivity index (χ2v) is 14.1. The van der Waals surface area contributed by atoms with Crippen LogP contribution in [-0.4, -0.2) is 54.4 Å². The summed E-state index contributed by atoms with van der Waals surface area (Å²) < 4.78 is 2.46. The highest BCUT2D eigenvalue weighted by atomic mass is 15.2. The van der Waals surface area contributed by atoms with Crippen molar-refractivity contribution in [1.29, 1.82) is 0 Å². The second kappa shape index (κ2) is 36.1. The molecule has 0 saturated heterocycles. The van der Waals surface area contributed by atoms with Gasteiger partial charge in [0.2, 0.25) is 5.95 Å². The van der Waals surface area contributed by atoms with Gasteiger partial charge in [0.05, 0.1) is 29.8 Å². The molecule has 4 rings (SSSR count). The maximum Gasteiger partial charge on any atom is 0.202 e. The van der Waals surface area contributed by atoms with Crippen molar-refractivity contribution < 1.29 is 0 Å². The van der Waals surface area contributed by atoms with Crippen LogP contribution in [0.5, 0.6) is 0 Å². The Hall–Kier alpha value is -4.57. The summed E-state index contributed by atoms with van der Waals surface area (Å²) in [6.45, 7) is 33.6. The Bertz CT molecular complexity index is 1770. The van der Waals surface area contributed by atoms with E-state index >= 15 is 0 Å². The molecule has 1 aliphatic heterocycles. The van der Waals surface area contributed by atoms with Gasteiger partial charge >= 0.3 is 0 Å². The Balaban J connectivity index is 0. The first-order valence-corrected chi connectivity index (χ1v) is 23.4. The Morgan fingerprint density at radius 3 is 2.11 bits per heavy atom. The second-order valence-electron chi connectivity index (χ2n) is 14.1. The molecule has 0 fully saturated rings. The number of hydrogen-bond acceptors (Lipinski definition) is 7. The molecule has 0 spiro atoms. The predicted octanol–water partition coefficient (Wildman–Crippen LogP) is 12.6. The Labute approximate surface area is 374 Å². The van der Waals surface area contributed by atoms with Gasteiger partial charge in [0.25, 0.3) is 0 Å². The fourth-order valence-corrected chi connectivity index (χ4v) is 6.34. The van der Waals surface area contributed by atoms with Gasteiger partial charge in [0, 0.05) is 36.4 Å². The number of fused-ring (bicyclic) bond motifs is 3. The highest BCUT2D eigenvalue weighted by Crippen LogP contribution is 2.39. The zero-order valence-corrected chi connectivity index (χ0v) is 41.5. The number of H-pyrrole nitrogens is 1. The maximum absolute atomic E-state index is 6.20. The molecule has 1 aromatic carbocycles. The summed E-state index contributed by atoms with van der Waals surface area (Å²) in [6.07, 6.45) is 26.4. The maximum atomic E-state index is 6.20. The molecule has 2 aromatic heterocycles. The normalized spacial score (nSPS) is 15.6. The van der Waals surface area contributed by atoms with E-state index in [1.54, 1.807) is 6.20 Å². The van der Waals surface area contributed by atoms with E-state index in [1.165, 1.54) is 24.0 Å². The minimum absolute atomic E-state index is 0.0653. The van der Waals surface area contributed by atoms with Gasteiger partial charge in [-0.1, -0.05) is 151 Å². The van der Waals surface area contributed by atoms with Gasteiger partial charge < -0.3 is 42.3 Å². The van der Waals surface area contributed by atoms with Crippen molar-refractivity contribution in [2.75, 3.05) is 38.6 Å². The van der Waals surface area contributed by atoms with Gasteiger partial charge in [-0.25, -0.2) is 4.98 Å². The van der Waals surface area contributed by atoms with Crippen LogP contribution in [0.25, 0.3) is 27.7 Å². The van der Waals surface area contributed by atoms with Crippen LogP contribution in [0.15, 0.2) is 96.9 Å². The van der Waals surface area contributed by atoms with Crippen LogP contribution in [0, 0.1) is 0 Å². The number of aromatic nitrogens is 3. The molecule has 3 heterocycles. The van der Waals surface area contributed by atoms with E-state index in [1.807, 2.05) is 53.9 Å². The van der Waals surface area contributed by atoms with Crippen molar-refractivity contribution in [1.82, 2.24) is 25.2 Å². The molecule has 3 aromatic rings. The quantitative estimate of drug-likeness (QED) is 0.0623. The summed E-state index contributed by atoms with van der Waals surface area (Å²) >= 11 is 0. The van der Waals surface area contributed by atoms with Crippen molar-refractivity contribution in [2.24, 2.45) is 17.2 Å². The standard InChI is InChI=1S/C40H56N8.2C3H8.C2H7N.2C2H6/c1-8-14-32(22-28(10-3)11-4)38-24-31(35-27-44-40(46-35)47(7)21-9-2)17-16-29(12-5)37-25-33-23-30(18-19-36(33)48(37)38)34(26-42)45-39(43-6)15-13-20-41;2*1-3-2;1-2-3;2*1-2/h8,12,14,16-19,22-27,38-39,43,45H,1,9-11,13,15,20-21,41-42H2,2-7H3,(H,44,46);2*3H2,1-2H3;2-3H2,1H3;2*1-2H3/b17-16-,29-12-,31-24+,32-14+,34-26-;;;;;. The highest BCUT2D eigenvalue weighted by Gasteiger charge is 2.24. The number of imidazole rings is 1. The summed E-state index contributed by atoms with van der Waals surface area (Å²) in [5, 5.41) is 8.06. The van der Waals surface area contributed by atoms with Crippen molar-refractivity contribution in [3.05, 3.63) is 114 Å². The number of nitrogens with zero attached hydrogens (tertiary/aromatic N) is 3. The predicted molar refractivity (Wildman–Crippen MR) is 277 cm³/mol. The number of aromatic amines is 1. The molecule has 2 atom stereocenters. The molecule has 0 radical (unpaired) electrons. The summed E-state index contributed by atoms with van der Waals surface area (Å²) in [5.41, 5.74) is 26.8. The Kier molecular flexibility index (Phi) is 34.7. The lowest BCUT2D eigenvalue weighted by Crippen LogP contribution is -2.39. The topological polar surface area (TPSA) is 139 Å². The third kappa shape index (κ3) is 19.4. The molecule has 0 aliphatic carbocycles. The molecule has 0 saturated carbocycles. The molecule has 61 heavy (non-hydrogen) atoms. The van der Waals surface area contributed by atoms with Crippen LogP contribution in [0.3, 0.4) is 0 Å². The van der Waals surface area contributed by atoms with Crippen LogP contribution >= 0.6 is 0 Å². The zero-order valence-electron chi connectivity index (χ0n) is 41.5. The fraction of sp³-hybridized carbons (Fsp3) is 0.519. The first-order chi connectivity index (χ1) is 29.6. The monoisotopic (exact) mass is 842 g/mol. The molecule has 9 nitrogen and oxygen atoms in total. The van der Waals surface area contributed by atoms with E-state index in [-0.39, 0.29) is 12.2 Å². The number of nitrogens with two attached hydrogens (primary N) is 3. The lowest BCUT2D eigenvalue weighted by Gasteiger charge is -2.25. The van der Waals surface area contributed by atoms with E-state index < -0.39 is 0 Å². The van der Waals surface area contributed by atoms with Gasteiger partial charge in [-0.3, -0.25) is 0 Å². The van der Waals surface area contributed by atoms with Gasteiger partial charge in [-0.15, -0.1) is 0 Å². The first kappa shape index (κ1) is 58.5. The van der Waals surface area contributed by atoms with Crippen molar-refractivity contribution in [2.45, 2.75) is 147 Å². The van der Waals surface area contributed by atoms with Crippen molar-refractivity contribution in [3.8, 4) is 0 Å². The minimum atomic E-state index is -0.114. The van der Waals surface area contributed by atoms with Gasteiger partial charge in [0.1, 0.15) is 0 Å². The third-order valence-electron chi connectivity index (χ3n) is 9.08. The molecule has 0 amide bonds. The van der Waals surface area contributed by atoms with Crippen molar-refractivity contribution in [3.63, 3.8) is 0 Å². The average molecular weight is 842 g/mol. The number of nitrogens with one attached hydrogen (secondary N) is 3. The number of rotatable bonds is 16. The van der Waals surface area contributed by atoms with Gasteiger partial charge in [-0.2, -0.15) is 0 Å². The molecule has 0 bridgehead atoms. The van der Waals surface area contributed by atoms with Gasteiger partial charge in [0.15, 0.2) is 0 Å². The summed E-state index contributed by atoms with van der Waals surface area (Å²) in [5.74, 6) is 0.868. The average Bonchev–Trinajstić information content (AvgIpc) is 3.91. The van der Waals surface area contributed by atoms with Crippen LogP contribution in [0.4, 0.5) is 5.95 Å². The molecule has 2 unspecified atom stereocenters. The molecule has 9 N–H and O–H groups in total. The fourth-order valence-electron chi connectivity index (χ4n) is 6.34. The van der Waals surface area contributed by atoms with Gasteiger partial charge in [-0.05, 0) is 106 Å². The molecular weight excluding hydrogens is 751 g/mol. The Morgan fingerprint density at radius 1 is 0.984 bits per heavy atom. The van der Waals surface area contributed by atoms with E-state index in [0.29, 0.717) is 6.54 Å². The molecular formula is C52H91N9. The van der Waals surface area contributed by atoms with E-state index in [9.17, 15) is 0 Å². The summed E-state index contributed by atoms with van der Waals surface area (Å²) in [6, 6.07) is 8.79. The van der Waals surface area contributed by atoms with Crippen molar-refractivity contribution >= 4 is 33.7 Å². The number of hydrogen-bond donors (Lipinski definition) is 6. The largest absolute Gasteiger partial charge is 0.403 e. The van der Waals surface area contributed by atoms with E-state index in [0.717, 1.165) is 95.8 Å². The molecule has 9 heteroatoms. The highest BCUT2D eigenvalue weighted by molar-refractivity contribution is 5.92. The lowest BCUT2D eigenvalue weighted by molar-refractivity contribution is 0.474. The van der Waals surface area contributed by atoms with E-state index in [2.05, 4.69) is 155 Å². The van der Waals surface area contributed by atoms with Crippen LogP contribution in [-0.2, 0) is 0 Å². The summed E-state index contributed by atoms with van der Waals surface area (Å²) in [7, 11) is 4.03. The molecule has 344 valence electrons. The molecule has 1 aliphatic rings. The first-order valence-electron chi connectivity index (χ1n) is 23.4. The minimum Gasteiger partial charge on any atom is -0.403 e. The third-order valence-corrected chi connectivity index (χ3v) is 9.08. The number of allylic oxidation sites excluding steroid dienone is 11. The zero-order chi connectivity index (χ0) is 46.8. The SMILES string of the molecule is C=C/C=C(\C=C(CC)CC)C1\C=C(c2cnc(N(C)CCC)[nH]2)/C=C\C(=C\C)c2cc3cc(/C(=C/N)NC(CCCN)NC)ccc3n21.CC.CC.CCC.CCC.CCN. The summed E-state index contributed by atoms with van der Waals surface area (Å²) in [4.78, 5) is 10.5. The van der Waals surface area contributed by atoms with Crippen LogP contribution in [0.2, 0.25) is 0 Å². The lowest BCUT2D eigenvalue weighted by atomic mass is 9.95. The number of anilines is 1.